The van der Waals surface area contributed by atoms with Gasteiger partial charge in [0, 0.05) is 15.1 Å². The van der Waals surface area contributed by atoms with E-state index in [0.29, 0.717) is 0 Å². The van der Waals surface area contributed by atoms with Gasteiger partial charge in [0.25, 0.3) is 0 Å². The molecule has 0 aliphatic rings. The van der Waals surface area contributed by atoms with Crippen LogP contribution in [0.1, 0.15) is 22.7 Å². The molecule has 0 amide bonds. The molecule has 20 heavy (non-hydrogen) atoms. The average molecular weight is 351 g/mol. The summed E-state index contributed by atoms with van der Waals surface area (Å²) < 4.78 is 1.10. The Balaban J connectivity index is 2.11. The van der Waals surface area contributed by atoms with Crippen LogP contribution in [0.4, 0.5) is 0 Å². The fourth-order valence-electron chi connectivity index (χ4n) is 2.10. The van der Waals surface area contributed by atoms with Gasteiger partial charge in [-0.25, -0.2) is 0 Å². The van der Waals surface area contributed by atoms with Crippen LogP contribution in [0.5, 0.6) is 0 Å². The van der Waals surface area contributed by atoms with Crippen molar-refractivity contribution in [3.05, 3.63) is 63.6 Å². The monoisotopic (exact) mass is 350 g/mol. The van der Waals surface area contributed by atoms with Crippen molar-refractivity contribution in [2.45, 2.75) is 24.8 Å². The minimum Gasteiger partial charge on any atom is -0.271 e. The van der Waals surface area contributed by atoms with Gasteiger partial charge in [0.15, 0.2) is 0 Å². The van der Waals surface area contributed by atoms with Gasteiger partial charge in [0.2, 0.25) is 0 Å². The molecule has 2 aromatic carbocycles. The Bertz CT molecular complexity index is 586. The minimum absolute atomic E-state index is 0.152. The van der Waals surface area contributed by atoms with E-state index in [2.05, 4.69) is 71.6 Å². The Morgan fingerprint density at radius 3 is 2.70 bits per heavy atom. The normalized spacial score (nSPS) is 12.4. The molecule has 0 spiro atoms. The van der Waals surface area contributed by atoms with Gasteiger partial charge in [-0.2, -0.15) is 0 Å². The third-order valence-electron chi connectivity index (χ3n) is 3.22. The SMILES string of the molecule is Cc1ccc(C)c(C(CSc2cccc(Br)c2)NN)c1. The van der Waals surface area contributed by atoms with Gasteiger partial charge in [0.1, 0.15) is 0 Å². The number of benzene rings is 2. The molecule has 2 nitrogen and oxygen atoms in total. The predicted molar refractivity (Wildman–Crippen MR) is 90.8 cm³/mol. The van der Waals surface area contributed by atoms with Crippen LogP contribution in [0.2, 0.25) is 0 Å². The standard InChI is InChI=1S/C16H19BrN2S/c1-11-6-7-12(2)15(8-11)16(19-18)10-20-14-5-3-4-13(17)9-14/h3-9,16,19H,10,18H2,1-2H3. The number of hydrogen-bond donors (Lipinski definition) is 2. The van der Waals surface area contributed by atoms with Crippen molar-refractivity contribution in [1.29, 1.82) is 0 Å². The molecule has 0 fully saturated rings. The summed E-state index contributed by atoms with van der Waals surface area (Å²) in [5.41, 5.74) is 6.75. The molecule has 1 atom stereocenters. The molecule has 0 radical (unpaired) electrons. The number of nitrogens with two attached hydrogens (primary N) is 1. The summed E-state index contributed by atoms with van der Waals surface area (Å²) in [6.07, 6.45) is 0. The van der Waals surface area contributed by atoms with Crippen molar-refractivity contribution in [2.24, 2.45) is 5.84 Å². The van der Waals surface area contributed by atoms with E-state index in [-0.39, 0.29) is 6.04 Å². The molecule has 0 saturated heterocycles. The van der Waals surface area contributed by atoms with E-state index >= 15 is 0 Å². The zero-order chi connectivity index (χ0) is 14.5. The Labute approximate surface area is 133 Å². The second-order valence-corrected chi connectivity index (χ2v) is 6.86. The van der Waals surface area contributed by atoms with Gasteiger partial charge < -0.3 is 0 Å². The van der Waals surface area contributed by atoms with Gasteiger partial charge in [-0.1, -0.05) is 45.8 Å². The number of thioether (sulfide) groups is 1. The van der Waals surface area contributed by atoms with Gasteiger partial charge in [-0.05, 0) is 43.2 Å². The van der Waals surface area contributed by atoms with Crippen LogP contribution in [0.15, 0.2) is 51.8 Å². The highest BCUT2D eigenvalue weighted by molar-refractivity contribution is 9.10. The molecule has 0 aliphatic carbocycles. The lowest BCUT2D eigenvalue weighted by Crippen LogP contribution is -2.30. The molecule has 106 valence electrons. The van der Waals surface area contributed by atoms with E-state index in [9.17, 15) is 0 Å². The summed E-state index contributed by atoms with van der Waals surface area (Å²) in [7, 11) is 0. The lowest BCUT2D eigenvalue weighted by atomic mass is 10.0. The van der Waals surface area contributed by atoms with Gasteiger partial charge >= 0.3 is 0 Å². The zero-order valence-corrected chi connectivity index (χ0v) is 14.1. The first-order chi connectivity index (χ1) is 9.60. The highest BCUT2D eigenvalue weighted by Crippen LogP contribution is 2.28. The van der Waals surface area contributed by atoms with Crippen LogP contribution in [0.25, 0.3) is 0 Å². The molecule has 2 rings (SSSR count). The molecular weight excluding hydrogens is 332 g/mol. The molecule has 3 N–H and O–H groups in total. The number of hydrogen-bond acceptors (Lipinski definition) is 3. The summed E-state index contributed by atoms with van der Waals surface area (Å²) in [6, 6.07) is 15.0. The molecular formula is C16H19BrN2S. The molecule has 0 aromatic heterocycles. The molecule has 0 saturated carbocycles. The second-order valence-electron chi connectivity index (χ2n) is 4.85. The highest BCUT2D eigenvalue weighted by atomic mass is 79.9. The second kappa shape index (κ2) is 7.27. The van der Waals surface area contributed by atoms with Gasteiger partial charge in [0.05, 0.1) is 6.04 Å². The predicted octanol–water partition coefficient (Wildman–Crippen LogP) is 4.36. The maximum Gasteiger partial charge on any atom is 0.0556 e. The maximum atomic E-state index is 5.75. The largest absolute Gasteiger partial charge is 0.271 e. The van der Waals surface area contributed by atoms with Crippen molar-refractivity contribution >= 4 is 27.7 Å². The van der Waals surface area contributed by atoms with E-state index in [1.807, 2.05) is 6.07 Å². The van der Waals surface area contributed by atoms with Crippen molar-refractivity contribution < 1.29 is 0 Å². The maximum absolute atomic E-state index is 5.75. The molecule has 4 heteroatoms. The summed E-state index contributed by atoms with van der Waals surface area (Å²) >= 11 is 5.30. The van der Waals surface area contributed by atoms with Gasteiger partial charge in [-0.3, -0.25) is 11.3 Å². The van der Waals surface area contributed by atoms with Crippen molar-refractivity contribution in [3.63, 3.8) is 0 Å². The van der Waals surface area contributed by atoms with E-state index in [1.54, 1.807) is 11.8 Å². The molecule has 0 heterocycles. The Kier molecular flexibility index (Phi) is 5.66. The van der Waals surface area contributed by atoms with Crippen LogP contribution in [-0.4, -0.2) is 5.75 Å². The number of hydrazine groups is 1. The van der Waals surface area contributed by atoms with E-state index in [0.717, 1.165) is 10.2 Å². The summed E-state index contributed by atoms with van der Waals surface area (Å²) in [5.74, 6) is 6.65. The first kappa shape index (κ1) is 15.6. The molecule has 1 unspecified atom stereocenters. The number of nitrogens with one attached hydrogen (secondary N) is 1. The van der Waals surface area contributed by atoms with Crippen LogP contribution in [0, 0.1) is 13.8 Å². The van der Waals surface area contributed by atoms with E-state index in [4.69, 9.17) is 5.84 Å². The fourth-order valence-corrected chi connectivity index (χ4v) is 3.67. The van der Waals surface area contributed by atoms with Crippen LogP contribution >= 0.6 is 27.7 Å². The lowest BCUT2D eigenvalue weighted by Gasteiger charge is -2.19. The minimum atomic E-state index is 0.152. The molecule has 0 bridgehead atoms. The smallest absolute Gasteiger partial charge is 0.0556 e. The quantitative estimate of drug-likeness (QED) is 0.477. The topological polar surface area (TPSA) is 38.0 Å². The third-order valence-corrected chi connectivity index (χ3v) is 4.80. The van der Waals surface area contributed by atoms with Crippen molar-refractivity contribution in [1.82, 2.24) is 5.43 Å². The van der Waals surface area contributed by atoms with Crippen LogP contribution in [-0.2, 0) is 0 Å². The van der Waals surface area contributed by atoms with E-state index in [1.165, 1.54) is 21.6 Å². The van der Waals surface area contributed by atoms with Crippen LogP contribution in [0.3, 0.4) is 0 Å². The summed E-state index contributed by atoms with van der Waals surface area (Å²) in [4.78, 5) is 1.24. The Morgan fingerprint density at radius 1 is 1.20 bits per heavy atom. The summed E-state index contributed by atoms with van der Waals surface area (Å²) in [5, 5.41) is 0. The van der Waals surface area contributed by atoms with Crippen molar-refractivity contribution in [3.8, 4) is 0 Å². The first-order valence-corrected chi connectivity index (χ1v) is 8.29. The van der Waals surface area contributed by atoms with Crippen LogP contribution < -0.4 is 11.3 Å². The third kappa shape index (κ3) is 4.09. The number of aryl methyl sites for hydroxylation is 2. The highest BCUT2D eigenvalue weighted by Gasteiger charge is 2.13. The first-order valence-electron chi connectivity index (χ1n) is 6.52. The van der Waals surface area contributed by atoms with E-state index < -0.39 is 0 Å². The molecule has 2 aromatic rings. The zero-order valence-electron chi connectivity index (χ0n) is 11.7. The van der Waals surface area contributed by atoms with Crippen molar-refractivity contribution in [2.75, 3.05) is 5.75 Å². The number of rotatable bonds is 5. The van der Waals surface area contributed by atoms with Gasteiger partial charge in [-0.15, -0.1) is 11.8 Å². The lowest BCUT2D eigenvalue weighted by molar-refractivity contribution is 0.607. The average Bonchev–Trinajstić information content (AvgIpc) is 2.43. The Morgan fingerprint density at radius 2 is 2.00 bits per heavy atom. The fraction of sp³-hybridized carbons (Fsp3) is 0.250. The Hall–Kier alpha value is -0.810. The number of halogens is 1. The molecule has 0 aliphatic heterocycles. The summed E-state index contributed by atoms with van der Waals surface area (Å²) in [6.45, 7) is 4.24.